The van der Waals surface area contributed by atoms with Crippen LogP contribution in [0.15, 0.2) is 0 Å². The van der Waals surface area contributed by atoms with E-state index in [1.807, 2.05) is 0 Å². The summed E-state index contributed by atoms with van der Waals surface area (Å²) < 4.78 is 29.5. The zero-order valence-corrected chi connectivity index (χ0v) is 10.8. The molecule has 0 heterocycles. The minimum atomic E-state index is -3.68. The zero-order chi connectivity index (χ0) is 13.6. The summed E-state index contributed by atoms with van der Waals surface area (Å²) >= 11 is 0. The van der Waals surface area contributed by atoms with Crippen molar-refractivity contribution in [3.8, 4) is 0 Å². The SMILES string of the molecule is COC(=O)CCS(=O)(=O)NC(C)C(C)C(=O)O. The summed E-state index contributed by atoms with van der Waals surface area (Å²) in [5.74, 6) is -2.98. The lowest BCUT2D eigenvalue weighted by molar-refractivity contribution is -0.142. The van der Waals surface area contributed by atoms with Crippen molar-refractivity contribution in [3.63, 3.8) is 0 Å². The average molecular weight is 267 g/mol. The number of hydrogen-bond donors (Lipinski definition) is 2. The van der Waals surface area contributed by atoms with Gasteiger partial charge in [0.15, 0.2) is 0 Å². The van der Waals surface area contributed by atoms with Gasteiger partial charge in [-0.25, -0.2) is 13.1 Å². The Bertz CT molecular complexity index is 377. The van der Waals surface area contributed by atoms with E-state index in [1.54, 1.807) is 0 Å². The number of nitrogens with one attached hydrogen (secondary N) is 1. The summed E-state index contributed by atoms with van der Waals surface area (Å²) in [6.45, 7) is 2.85. The first-order valence-corrected chi connectivity index (χ1v) is 6.64. The molecule has 0 amide bonds. The van der Waals surface area contributed by atoms with Crippen LogP contribution in [-0.2, 0) is 24.3 Å². The summed E-state index contributed by atoms with van der Waals surface area (Å²) in [5.41, 5.74) is 0. The van der Waals surface area contributed by atoms with E-state index in [1.165, 1.54) is 13.8 Å². The number of esters is 1. The van der Waals surface area contributed by atoms with E-state index >= 15 is 0 Å². The largest absolute Gasteiger partial charge is 0.481 e. The number of carboxylic acid groups (broad SMARTS) is 1. The Balaban J connectivity index is 4.35. The van der Waals surface area contributed by atoms with Gasteiger partial charge in [-0.15, -0.1) is 0 Å². The number of aliphatic carboxylic acids is 1. The van der Waals surface area contributed by atoms with Crippen molar-refractivity contribution in [2.45, 2.75) is 26.3 Å². The Kier molecular flexibility index (Phi) is 6.11. The van der Waals surface area contributed by atoms with Crippen molar-refractivity contribution in [2.75, 3.05) is 12.9 Å². The second kappa shape index (κ2) is 6.55. The van der Waals surface area contributed by atoms with Gasteiger partial charge in [0.1, 0.15) is 0 Å². The highest BCUT2D eigenvalue weighted by Gasteiger charge is 2.24. The number of methoxy groups -OCH3 is 1. The lowest BCUT2D eigenvalue weighted by Crippen LogP contribution is -2.41. The fraction of sp³-hybridized carbons (Fsp3) is 0.778. The Morgan fingerprint density at radius 3 is 2.29 bits per heavy atom. The van der Waals surface area contributed by atoms with Crippen molar-refractivity contribution in [1.29, 1.82) is 0 Å². The van der Waals surface area contributed by atoms with Crippen molar-refractivity contribution < 1.29 is 27.9 Å². The summed E-state index contributed by atoms with van der Waals surface area (Å²) in [4.78, 5) is 21.4. The molecular weight excluding hydrogens is 250 g/mol. The molecule has 0 aliphatic carbocycles. The Morgan fingerprint density at radius 2 is 1.88 bits per heavy atom. The molecule has 17 heavy (non-hydrogen) atoms. The number of hydrogen-bond acceptors (Lipinski definition) is 5. The molecule has 8 heteroatoms. The van der Waals surface area contributed by atoms with Crippen LogP contribution in [0.4, 0.5) is 0 Å². The fourth-order valence-electron chi connectivity index (χ4n) is 0.978. The van der Waals surface area contributed by atoms with E-state index in [0.717, 1.165) is 7.11 Å². The molecule has 0 aromatic carbocycles. The molecule has 0 spiro atoms. The number of ether oxygens (including phenoxy) is 1. The molecule has 7 nitrogen and oxygen atoms in total. The maximum atomic E-state index is 11.5. The minimum absolute atomic E-state index is 0.264. The van der Waals surface area contributed by atoms with Crippen molar-refractivity contribution in [1.82, 2.24) is 4.72 Å². The lowest BCUT2D eigenvalue weighted by atomic mass is 10.1. The number of rotatable bonds is 7. The topological polar surface area (TPSA) is 110 Å². The van der Waals surface area contributed by atoms with Gasteiger partial charge in [0.25, 0.3) is 0 Å². The Labute approximate surface area is 100 Å². The van der Waals surface area contributed by atoms with E-state index in [2.05, 4.69) is 9.46 Å². The van der Waals surface area contributed by atoms with Gasteiger partial charge in [-0.2, -0.15) is 0 Å². The van der Waals surface area contributed by atoms with Crippen molar-refractivity contribution >= 4 is 22.0 Å². The van der Waals surface area contributed by atoms with Crippen LogP contribution in [0, 0.1) is 5.92 Å². The van der Waals surface area contributed by atoms with Crippen LogP contribution in [0.1, 0.15) is 20.3 Å². The summed E-state index contributed by atoms with van der Waals surface area (Å²) in [6, 6.07) is -0.741. The maximum Gasteiger partial charge on any atom is 0.307 e. The molecule has 0 saturated carbocycles. The molecule has 0 radical (unpaired) electrons. The van der Waals surface area contributed by atoms with Gasteiger partial charge in [-0.05, 0) is 6.92 Å². The summed E-state index contributed by atoms with van der Waals surface area (Å²) in [7, 11) is -2.51. The predicted molar refractivity (Wildman–Crippen MR) is 59.8 cm³/mol. The van der Waals surface area contributed by atoms with E-state index in [-0.39, 0.29) is 6.42 Å². The predicted octanol–water partition coefficient (Wildman–Crippen LogP) is -0.422. The van der Waals surface area contributed by atoms with E-state index in [4.69, 9.17) is 5.11 Å². The highest BCUT2D eigenvalue weighted by Crippen LogP contribution is 2.04. The first-order valence-electron chi connectivity index (χ1n) is 4.99. The van der Waals surface area contributed by atoms with Crippen LogP contribution in [0.3, 0.4) is 0 Å². The van der Waals surface area contributed by atoms with Gasteiger partial charge in [0, 0.05) is 6.04 Å². The molecular formula is C9H17NO6S. The van der Waals surface area contributed by atoms with Gasteiger partial charge in [-0.3, -0.25) is 9.59 Å². The smallest absolute Gasteiger partial charge is 0.307 e. The number of carbonyl (C=O) groups is 2. The third-order valence-electron chi connectivity index (χ3n) is 2.31. The van der Waals surface area contributed by atoms with Crippen LogP contribution in [0.25, 0.3) is 0 Å². The van der Waals surface area contributed by atoms with Gasteiger partial charge < -0.3 is 9.84 Å². The minimum Gasteiger partial charge on any atom is -0.481 e. The molecule has 2 N–H and O–H groups in total. The third kappa shape index (κ3) is 6.22. The highest BCUT2D eigenvalue weighted by molar-refractivity contribution is 7.89. The molecule has 0 aliphatic heterocycles. The number of carboxylic acids is 1. The molecule has 2 unspecified atom stereocenters. The van der Waals surface area contributed by atoms with Crippen LogP contribution in [0.2, 0.25) is 0 Å². The van der Waals surface area contributed by atoms with E-state index in [9.17, 15) is 18.0 Å². The maximum absolute atomic E-state index is 11.5. The van der Waals surface area contributed by atoms with Crippen molar-refractivity contribution in [2.24, 2.45) is 5.92 Å². The number of sulfonamides is 1. The molecule has 0 saturated heterocycles. The second-order valence-electron chi connectivity index (χ2n) is 3.68. The Morgan fingerprint density at radius 1 is 1.35 bits per heavy atom. The zero-order valence-electron chi connectivity index (χ0n) is 9.97. The monoisotopic (exact) mass is 267 g/mol. The molecule has 0 aliphatic rings. The van der Waals surface area contributed by atoms with Crippen molar-refractivity contribution in [3.05, 3.63) is 0 Å². The quantitative estimate of drug-likeness (QED) is 0.606. The molecule has 0 aromatic heterocycles. The van der Waals surface area contributed by atoms with Gasteiger partial charge in [0.05, 0.1) is 25.2 Å². The van der Waals surface area contributed by atoms with E-state index < -0.39 is 39.7 Å². The summed E-state index contributed by atoms with van der Waals surface area (Å²) in [5, 5.41) is 8.70. The van der Waals surface area contributed by atoms with Gasteiger partial charge in [-0.1, -0.05) is 6.92 Å². The molecule has 0 aromatic rings. The molecule has 0 rings (SSSR count). The van der Waals surface area contributed by atoms with Crippen LogP contribution in [-0.4, -0.2) is 44.4 Å². The Hall–Kier alpha value is -1.15. The average Bonchev–Trinajstić information content (AvgIpc) is 2.23. The lowest BCUT2D eigenvalue weighted by Gasteiger charge is -2.17. The molecule has 0 fully saturated rings. The van der Waals surface area contributed by atoms with Crippen LogP contribution in [0.5, 0.6) is 0 Å². The molecule has 0 bridgehead atoms. The normalized spacial score (nSPS) is 15.0. The summed E-state index contributed by atoms with van der Waals surface area (Å²) in [6.07, 6.45) is -0.264. The molecule has 100 valence electrons. The fourth-order valence-corrected chi connectivity index (χ4v) is 2.30. The second-order valence-corrected chi connectivity index (χ2v) is 5.55. The van der Waals surface area contributed by atoms with Gasteiger partial charge >= 0.3 is 11.9 Å². The highest BCUT2D eigenvalue weighted by atomic mass is 32.2. The third-order valence-corrected chi connectivity index (χ3v) is 3.78. The first-order chi connectivity index (χ1) is 7.69. The van der Waals surface area contributed by atoms with Crippen LogP contribution >= 0.6 is 0 Å². The van der Waals surface area contributed by atoms with Crippen LogP contribution < -0.4 is 4.72 Å². The first kappa shape index (κ1) is 15.9. The van der Waals surface area contributed by atoms with Gasteiger partial charge in [0.2, 0.25) is 10.0 Å². The number of carbonyl (C=O) groups excluding carboxylic acids is 1. The standard InChI is InChI=1S/C9H17NO6S/c1-6(9(12)13)7(2)10-17(14,15)5-4-8(11)16-3/h6-7,10H,4-5H2,1-3H3,(H,12,13). The van der Waals surface area contributed by atoms with E-state index in [0.29, 0.717) is 0 Å². The molecule has 2 atom stereocenters.